The molecule has 202 valence electrons. The standard InChI is InChI=1S/C30H23IN2O6S/c1-3-37-29(35)25-26(18-7-5-4-6-8-18)32-30-33(27(25)19-10-12-22-23(15-19)39-16-38-22)28(34)24(40-30)14-17-9-11-21(36-2)20(31)13-17/h4-15,27H,3,16H2,1-2H3/b24-14+/t27-/m1/s1. The van der Waals surface area contributed by atoms with Crippen LogP contribution in [0.1, 0.15) is 29.7 Å². The molecule has 0 fully saturated rings. The van der Waals surface area contributed by atoms with E-state index in [2.05, 4.69) is 22.6 Å². The van der Waals surface area contributed by atoms with E-state index in [4.69, 9.17) is 23.9 Å². The lowest BCUT2D eigenvalue weighted by atomic mass is 9.93. The van der Waals surface area contributed by atoms with Crippen LogP contribution in [0.25, 0.3) is 11.8 Å². The molecule has 2 aliphatic rings. The van der Waals surface area contributed by atoms with Gasteiger partial charge in [-0.1, -0.05) is 53.8 Å². The van der Waals surface area contributed by atoms with Crippen LogP contribution in [0.5, 0.6) is 17.2 Å². The third-order valence-corrected chi connectivity index (χ3v) is 8.39. The number of esters is 1. The summed E-state index contributed by atoms with van der Waals surface area (Å²) in [6.45, 7) is 2.04. The Balaban J connectivity index is 1.62. The van der Waals surface area contributed by atoms with Gasteiger partial charge in [-0.3, -0.25) is 9.36 Å². The molecule has 1 aromatic heterocycles. The van der Waals surface area contributed by atoms with Gasteiger partial charge in [0.25, 0.3) is 5.56 Å². The van der Waals surface area contributed by atoms with Crippen molar-refractivity contribution in [1.82, 2.24) is 4.57 Å². The molecule has 0 radical (unpaired) electrons. The molecule has 0 unspecified atom stereocenters. The van der Waals surface area contributed by atoms with Crippen LogP contribution in [0.3, 0.4) is 0 Å². The van der Waals surface area contributed by atoms with Crippen molar-refractivity contribution in [2.45, 2.75) is 13.0 Å². The molecular formula is C30H23IN2O6S. The number of benzene rings is 3. The van der Waals surface area contributed by atoms with E-state index in [1.165, 1.54) is 11.3 Å². The van der Waals surface area contributed by atoms with Crippen LogP contribution >= 0.6 is 33.9 Å². The van der Waals surface area contributed by atoms with Crippen LogP contribution in [0, 0.1) is 3.57 Å². The highest BCUT2D eigenvalue weighted by molar-refractivity contribution is 14.1. The van der Waals surface area contributed by atoms with Gasteiger partial charge in [0.05, 0.1) is 39.1 Å². The third-order valence-electron chi connectivity index (χ3n) is 6.56. The number of methoxy groups -OCH3 is 1. The van der Waals surface area contributed by atoms with Crippen LogP contribution in [-0.2, 0) is 9.53 Å². The summed E-state index contributed by atoms with van der Waals surface area (Å²) in [5, 5.41) is 0. The van der Waals surface area contributed by atoms with Gasteiger partial charge < -0.3 is 18.9 Å². The topological polar surface area (TPSA) is 88.4 Å². The van der Waals surface area contributed by atoms with Crippen LogP contribution in [0.15, 0.2) is 82.1 Å². The zero-order chi connectivity index (χ0) is 27.8. The SMILES string of the molecule is CCOC(=O)C1=C(c2ccccc2)N=c2s/c(=C/c3ccc(OC)c(I)c3)c(=O)n2[C@@H]1c1ccc2c(c1)OCO2. The first kappa shape index (κ1) is 26.3. The molecule has 8 nitrogen and oxygen atoms in total. The monoisotopic (exact) mass is 666 g/mol. The Labute approximate surface area is 247 Å². The van der Waals surface area contributed by atoms with Crippen molar-refractivity contribution in [3.05, 3.63) is 112 Å². The number of halogens is 1. The number of hydrogen-bond donors (Lipinski definition) is 0. The Kier molecular flexibility index (Phi) is 7.20. The van der Waals surface area contributed by atoms with Crippen molar-refractivity contribution in [3.63, 3.8) is 0 Å². The maximum Gasteiger partial charge on any atom is 0.338 e. The van der Waals surface area contributed by atoms with Crippen LogP contribution in [-0.4, -0.2) is 31.0 Å². The fourth-order valence-electron chi connectivity index (χ4n) is 4.76. The minimum atomic E-state index is -0.793. The van der Waals surface area contributed by atoms with Crippen molar-refractivity contribution in [2.24, 2.45) is 4.99 Å². The van der Waals surface area contributed by atoms with Crippen molar-refractivity contribution < 1.29 is 23.7 Å². The van der Waals surface area contributed by atoms with Gasteiger partial charge in [-0.15, -0.1) is 0 Å². The lowest BCUT2D eigenvalue weighted by Crippen LogP contribution is -2.40. The number of carbonyl (C=O) groups excluding carboxylic acids is 1. The number of aromatic nitrogens is 1. The quantitative estimate of drug-likeness (QED) is 0.226. The molecule has 0 saturated carbocycles. The molecule has 0 N–H and O–H groups in total. The number of hydrogen-bond acceptors (Lipinski definition) is 8. The fraction of sp³-hybridized carbons (Fsp3) is 0.167. The lowest BCUT2D eigenvalue weighted by molar-refractivity contribution is -0.138. The van der Waals surface area contributed by atoms with Gasteiger partial charge in [0, 0.05) is 5.56 Å². The molecule has 6 rings (SSSR count). The van der Waals surface area contributed by atoms with E-state index < -0.39 is 12.0 Å². The molecule has 0 bridgehead atoms. The molecular weight excluding hydrogens is 643 g/mol. The Hall–Kier alpha value is -3.90. The second-order valence-corrected chi connectivity index (χ2v) is 11.1. The Morgan fingerprint density at radius 2 is 1.93 bits per heavy atom. The summed E-state index contributed by atoms with van der Waals surface area (Å²) in [4.78, 5) is 33.0. The molecule has 1 atom stereocenters. The zero-order valence-corrected chi connectivity index (χ0v) is 24.5. The first-order valence-electron chi connectivity index (χ1n) is 12.5. The highest BCUT2D eigenvalue weighted by Gasteiger charge is 2.36. The highest BCUT2D eigenvalue weighted by atomic mass is 127. The molecule has 0 saturated heterocycles. The summed E-state index contributed by atoms with van der Waals surface area (Å²) in [5.74, 6) is 1.38. The first-order chi connectivity index (χ1) is 19.5. The Morgan fingerprint density at radius 3 is 2.67 bits per heavy atom. The maximum atomic E-state index is 14.0. The van der Waals surface area contributed by atoms with Crippen molar-refractivity contribution >= 4 is 51.7 Å². The second-order valence-electron chi connectivity index (χ2n) is 8.94. The minimum Gasteiger partial charge on any atom is -0.496 e. The Morgan fingerprint density at radius 1 is 1.12 bits per heavy atom. The van der Waals surface area contributed by atoms with E-state index in [9.17, 15) is 9.59 Å². The first-order valence-corrected chi connectivity index (χ1v) is 14.4. The molecule has 40 heavy (non-hydrogen) atoms. The van der Waals surface area contributed by atoms with Gasteiger partial charge in [0.15, 0.2) is 16.3 Å². The smallest absolute Gasteiger partial charge is 0.338 e. The average molecular weight is 666 g/mol. The minimum absolute atomic E-state index is 0.109. The number of rotatable bonds is 6. The van der Waals surface area contributed by atoms with E-state index in [0.717, 1.165) is 20.4 Å². The largest absolute Gasteiger partial charge is 0.496 e. The van der Waals surface area contributed by atoms with Gasteiger partial charge in [0.2, 0.25) is 6.79 Å². The van der Waals surface area contributed by atoms with Gasteiger partial charge >= 0.3 is 5.97 Å². The van der Waals surface area contributed by atoms with Crippen molar-refractivity contribution in [1.29, 1.82) is 0 Å². The van der Waals surface area contributed by atoms with Crippen molar-refractivity contribution in [2.75, 3.05) is 20.5 Å². The number of nitrogens with zero attached hydrogens (tertiary/aromatic N) is 2. The molecule has 2 aliphatic heterocycles. The van der Waals surface area contributed by atoms with E-state index >= 15 is 0 Å². The van der Waals surface area contributed by atoms with Gasteiger partial charge in [-0.25, -0.2) is 9.79 Å². The van der Waals surface area contributed by atoms with Crippen LogP contribution in [0.4, 0.5) is 0 Å². The molecule has 0 spiro atoms. The summed E-state index contributed by atoms with van der Waals surface area (Å²) < 4.78 is 25.0. The molecule has 3 aromatic carbocycles. The normalized spacial score (nSPS) is 16.0. The maximum absolute atomic E-state index is 14.0. The predicted octanol–water partition coefficient (Wildman–Crippen LogP) is 4.28. The summed E-state index contributed by atoms with van der Waals surface area (Å²) in [5.41, 5.74) is 2.77. The summed E-state index contributed by atoms with van der Waals surface area (Å²) in [6.07, 6.45) is 1.83. The van der Waals surface area contributed by atoms with E-state index in [1.54, 1.807) is 24.7 Å². The molecule has 4 aromatic rings. The predicted molar refractivity (Wildman–Crippen MR) is 159 cm³/mol. The average Bonchev–Trinajstić information content (AvgIpc) is 3.56. The van der Waals surface area contributed by atoms with Crippen LogP contribution in [0.2, 0.25) is 0 Å². The van der Waals surface area contributed by atoms with Crippen molar-refractivity contribution in [3.8, 4) is 17.2 Å². The van der Waals surface area contributed by atoms with E-state index in [-0.39, 0.29) is 24.5 Å². The van der Waals surface area contributed by atoms with E-state index in [0.29, 0.717) is 32.1 Å². The molecule has 0 aliphatic carbocycles. The summed E-state index contributed by atoms with van der Waals surface area (Å²) in [7, 11) is 1.62. The zero-order valence-electron chi connectivity index (χ0n) is 21.5. The van der Waals surface area contributed by atoms with Gasteiger partial charge in [0.1, 0.15) is 5.75 Å². The Bertz CT molecular complexity index is 1840. The summed E-state index contributed by atoms with van der Waals surface area (Å²) >= 11 is 3.48. The highest BCUT2D eigenvalue weighted by Crippen LogP contribution is 2.40. The summed E-state index contributed by atoms with van der Waals surface area (Å²) in [6, 6.07) is 19.8. The van der Waals surface area contributed by atoms with Crippen LogP contribution < -0.4 is 29.1 Å². The second kappa shape index (κ2) is 10.9. The molecule has 3 heterocycles. The number of ether oxygens (including phenoxy) is 4. The molecule has 0 amide bonds. The van der Waals surface area contributed by atoms with Gasteiger partial charge in [-0.2, -0.15) is 0 Å². The third kappa shape index (κ3) is 4.71. The van der Waals surface area contributed by atoms with E-state index in [1.807, 2.05) is 66.7 Å². The van der Waals surface area contributed by atoms with Gasteiger partial charge in [-0.05, 0) is 71.0 Å². The lowest BCUT2D eigenvalue weighted by Gasteiger charge is -2.26. The number of thiazole rings is 1. The fourth-order valence-corrected chi connectivity index (χ4v) is 6.52. The molecule has 10 heteroatoms. The number of carbonyl (C=O) groups is 1. The number of fused-ring (bicyclic) bond motifs is 2.